The molecule has 0 bridgehead atoms. The lowest BCUT2D eigenvalue weighted by molar-refractivity contribution is 0.0921. The standard InChI is InChI=1S/C17H18N2O2/c18-14(16(20)12-7-3-1-4-8-12)11-15(19)17(21)13-9-5-2-6-10-13/h1-10,14-15H,11,18-19H2. The van der Waals surface area contributed by atoms with Crippen molar-refractivity contribution in [2.45, 2.75) is 18.5 Å². The van der Waals surface area contributed by atoms with Crippen molar-refractivity contribution in [1.82, 2.24) is 0 Å². The van der Waals surface area contributed by atoms with Crippen LogP contribution in [0.1, 0.15) is 27.1 Å². The van der Waals surface area contributed by atoms with Crippen molar-refractivity contribution in [3.8, 4) is 0 Å². The molecule has 0 saturated carbocycles. The maximum Gasteiger partial charge on any atom is 0.179 e. The summed E-state index contributed by atoms with van der Waals surface area (Å²) in [4.78, 5) is 24.3. The van der Waals surface area contributed by atoms with Crippen molar-refractivity contribution in [1.29, 1.82) is 0 Å². The van der Waals surface area contributed by atoms with Gasteiger partial charge in [-0.1, -0.05) is 60.7 Å². The van der Waals surface area contributed by atoms with E-state index in [2.05, 4.69) is 0 Å². The first-order valence-corrected chi connectivity index (χ1v) is 6.79. The highest BCUT2D eigenvalue weighted by Crippen LogP contribution is 2.09. The molecule has 0 aliphatic rings. The summed E-state index contributed by atoms with van der Waals surface area (Å²) < 4.78 is 0. The van der Waals surface area contributed by atoms with Crippen LogP contribution in [0, 0.1) is 0 Å². The first-order chi connectivity index (χ1) is 10.1. The van der Waals surface area contributed by atoms with Gasteiger partial charge in [-0.25, -0.2) is 0 Å². The number of Topliss-reactive ketones (excluding diaryl/α,β-unsaturated/α-hetero) is 2. The Morgan fingerprint density at radius 1 is 0.714 bits per heavy atom. The molecular weight excluding hydrogens is 264 g/mol. The summed E-state index contributed by atoms with van der Waals surface area (Å²) in [6.07, 6.45) is 0.126. The second-order valence-electron chi connectivity index (χ2n) is 4.91. The van der Waals surface area contributed by atoms with Crippen LogP contribution in [-0.2, 0) is 0 Å². The zero-order valence-corrected chi connectivity index (χ0v) is 11.6. The van der Waals surface area contributed by atoms with Gasteiger partial charge in [-0.3, -0.25) is 9.59 Å². The molecular formula is C17H18N2O2. The minimum atomic E-state index is -0.782. The Bertz CT molecular complexity index is 556. The number of rotatable bonds is 6. The Hall–Kier alpha value is -2.30. The first-order valence-electron chi connectivity index (χ1n) is 6.79. The number of ketones is 2. The Kier molecular flexibility index (Phi) is 4.98. The molecule has 21 heavy (non-hydrogen) atoms. The normalized spacial score (nSPS) is 13.4. The zero-order chi connectivity index (χ0) is 15.2. The van der Waals surface area contributed by atoms with Gasteiger partial charge in [0.2, 0.25) is 0 Å². The van der Waals surface area contributed by atoms with Gasteiger partial charge in [-0.2, -0.15) is 0 Å². The Morgan fingerprint density at radius 3 is 1.38 bits per heavy atom. The lowest BCUT2D eigenvalue weighted by atomic mass is 9.95. The van der Waals surface area contributed by atoms with E-state index >= 15 is 0 Å². The number of benzene rings is 2. The van der Waals surface area contributed by atoms with E-state index in [1.54, 1.807) is 48.5 Å². The average Bonchev–Trinajstić information content (AvgIpc) is 2.55. The lowest BCUT2D eigenvalue weighted by Crippen LogP contribution is -2.41. The van der Waals surface area contributed by atoms with Gasteiger partial charge in [0.1, 0.15) is 0 Å². The fourth-order valence-electron chi connectivity index (χ4n) is 2.12. The molecule has 0 aliphatic heterocycles. The van der Waals surface area contributed by atoms with E-state index in [0.29, 0.717) is 11.1 Å². The molecule has 0 saturated heterocycles. The van der Waals surface area contributed by atoms with Crippen molar-refractivity contribution in [2.24, 2.45) is 11.5 Å². The van der Waals surface area contributed by atoms with Crippen molar-refractivity contribution in [3.63, 3.8) is 0 Å². The molecule has 0 heterocycles. The highest BCUT2D eigenvalue weighted by molar-refractivity contribution is 6.02. The summed E-state index contributed by atoms with van der Waals surface area (Å²) in [5.41, 5.74) is 12.8. The van der Waals surface area contributed by atoms with E-state index in [0.717, 1.165) is 0 Å². The first kappa shape index (κ1) is 15.1. The van der Waals surface area contributed by atoms with E-state index in [4.69, 9.17) is 11.5 Å². The summed E-state index contributed by atoms with van der Waals surface area (Å²) in [6.45, 7) is 0. The summed E-state index contributed by atoms with van der Waals surface area (Å²) in [6, 6.07) is 16.0. The summed E-state index contributed by atoms with van der Waals surface area (Å²) in [5, 5.41) is 0. The highest BCUT2D eigenvalue weighted by Gasteiger charge is 2.23. The molecule has 2 unspecified atom stereocenters. The number of carbonyl (C=O) groups is 2. The molecule has 4 nitrogen and oxygen atoms in total. The van der Waals surface area contributed by atoms with Crippen LogP contribution in [0.15, 0.2) is 60.7 Å². The van der Waals surface area contributed by atoms with Crippen LogP contribution in [-0.4, -0.2) is 23.7 Å². The van der Waals surface area contributed by atoms with Crippen molar-refractivity contribution in [2.75, 3.05) is 0 Å². The van der Waals surface area contributed by atoms with E-state index in [9.17, 15) is 9.59 Å². The molecule has 2 aromatic rings. The maximum absolute atomic E-state index is 12.1. The van der Waals surface area contributed by atoms with Crippen LogP contribution >= 0.6 is 0 Å². The predicted octanol–water partition coefficient (Wildman–Crippen LogP) is 1.80. The molecule has 0 fully saturated rings. The van der Waals surface area contributed by atoms with Crippen molar-refractivity contribution in [3.05, 3.63) is 71.8 Å². The predicted molar refractivity (Wildman–Crippen MR) is 82.1 cm³/mol. The molecule has 0 aliphatic carbocycles. The smallest absolute Gasteiger partial charge is 0.179 e. The lowest BCUT2D eigenvalue weighted by Gasteiger charge is -2.15. The van der Waals surface area contributed by atoms with Gasteiger partial charge in [0.05, 0.1) is 12.1 Å². The number of nitrogens with two attached hydrogens (primary N) is 2. The zero-order valence-electron chi connectivity index (χ0n) is 11.6. The van der Waals surface area contributed by atoms with E-state index < -0.39 is 12.1 Å². The molecule has 108 valence electrons. The van der Waals surface area contributed by atoms with E-state index in [1.807, 2.05) is 12.1 Å². The van der Waals surface area contributed by atoms with Gasteiger partial charge in [0.25, 0.3) is 0 Å². The van der Waals surface area contributed by atoms with Crippen LogP contribution in [0.5, 0.6) is 0 Å². The second-order valence-corrected chi connectivity index (χ2v) is 4.91. The van der Waals surface area contributed by atoms with Crippen LogP contribution in [0.25, 0.3) is 0 Å². The molecule has 4 N–H and O–H groups in total. The topological polar surface area (TPSA) is 86.2 Å². The van der Waals surface area contributed by atoms with Crippen LogP contribution in [0.4, 0.5) is 0 Å². The summed E-state index contributed by atoms with van der Waals surface area (Å²) >= 11 is 0. The highest BCUT2D eigenvalue weighted by atomic mass is 16.1. The van der Waals surface area contributed by atoms with Gasteiger partial charge < -0.3 is 11.5 Å². The minimum absolute atomic E-state index is 0.126. The Morgan fingerprint density at radius 2 is 1.05 bits per heavy atom. The number of carbonyl (C=O) groups excluding carboxylic acids is 2. The molecule has 2 aromatic carbocycles. The van der Waals surface area contributed by atoms with Gasteiger partial charge in [-0.05, 0) is 6.42 Å². The van der Waals surface area contributed by atoms with E-state index in [1.165, 1.54) is 0 Å². The third kappa shape index (κ3) is 3.84. The van der Waals surface area contributed by atoms with Gasteiger partial charge >= 0.3 is 0 Å². The van der Waals surface area contributed by atoms with Crippen LogP contribution in [0.2, 0.25) is 0 Å². The molecule has 4 heteroatoms. The third-order valence-corrected chi connectivity index (χ3v) is 3.30. The van der Waals surface area contributed by atoms with Gasteiger partial charge in [0, 0.05) is 11.1 Å². The van der Waals surface area contributed by atoms with Gasteiger partial charge in [-0.15, -0.1) is 0 Å². The molecule has 0 radical (unpaired) electrons. The van der Waals surface area contributed by atoms with Crippen LogP contribution in [0.3, 0.4) is 0 Å². The monoisotopic (exact) mass is 282 g/mol. The molecule has 2 rings (SSSR count). The Labute approximate surface area is 123 Å². The van der Waals surface area contributed by atoms with E-state index in [-0.39, 0.29) is 18.0 Å². The Balaban J connectivity index is 2.01. The fourth-order valence-corrected chi connectivity index (χ4v) is 2.12. The largest absolute Gasteiger partial charge is 0.321 e. The molecule has 0 amide bonds. The maximum atomic E-state index is 12.1. The SMILES string of the molecule is NC(CC(N)C(=O)c1ccccc1)C(=O)c1ccccc1. The molecule has 2 atom stereocenters. The number of hydrogen-bond donors (Lipinski definition) is 2. The minimum Gasteiger partial charge on any atom is -0.321 e. The quantitative estimate of drug-likeness (QED) is 0.791. The van der Waals surface area contributed by atoms with Crippen molar-refractivity contribution < 1.29 is 9.59 Å². The molecule has 0 spiro atoms. The summed E-state index contributed by atoms with van der Waals surface area (Å²) in [5.74, 6) is -0.404. The van der Waals surface area contributed by atoms with Crippen molar-refractivity contribution >= 4 is 11.6 Å². The third-order valence-electron chi connectivity index (χ3n) is 3.30. The molecule has 0 aromatic heterocycles. The summed E-state index contributed by atoms with van der Waals surface area (Å²) in [7, 11) is 0. The van der Waals surface area contributed by atoms with Gasteiger partial charge in [0.15, 0.2) is 11.6 Å². The number of hydrogen-bond acceptors (Lipinski definition) is 4. The fraction of sp³-hybridized carbons (Fsp3) is 0.176. The van der Waals surface area contributed by atoms with Crippen LogP contribution < -0.4 is 11.5 Å². The second kappa shape index (κ2) is 6.92. The average molecular weight is 282 g/mol.